The Balaban J connectivity index is 1.22. The quantitative estimate of drug-likeness (QED) is 0.0474. The zero-order valence-electron chi connectivity index (χ0n) is 29.8. The molecule has 0 unspecified atom stereocenters. The van der Waals surface area contributed by atoms with Gasteiger partial charge in [-0.15, -0.1) is 0 Å². The number of hydrogen-bond acceptors (Lipinski definition) is 13. The van der Waals surface area contributed by atoms with Gasteiger partial charge in [-0.05, 0) is 35.6 Å². The van der Waals surface area contributed by atoms with Crippen molar-refractivity contribution in [2.75, 3.05) is 25.0 Å². The van der Waals surface area contributed by atoms with Crippen molar-refractivity contribution in [1.29, 1.82) is 0 Å². The fourth-order valence-corrected chi connectivity index (χ4v) is 5.19. The maximum atomic E-state index is 12.6. The number of guanidine groups is 1. The Kier molecular flexibility index (Phi) is 15.2. The maximum absolute atomic E-state index is 12.6. The number of aliphatic imine (C=N–C) groups is 1. The van der Waals surface area contributed by atoms with E-state index in [0.717, 1.165) is 16.7 Å². The van der Waals surface area contributed by atoms with Crippen molar-refractivity contribution < 1.29 is 48.7 Å². The molecule has 6 N–H and O–H groups in total. The number of carbonyl (C=O) groups excluding carboxylic acids is 3. The first-order valence-electron chi connectivity index (χ1n) is 17.5. The van der Waals surface area contributed by atoms with Crippen LogP contribution in [0.4, 0.5) is 20.2 Å². The molecule has 4 aromatic rings. The van der Waals surface area contributed by atoms with Gasteiger partial charge in [0.2, 0.25) is 11.6 Å². The fourth-order valence-electron chi connectivity index (χ4n) is 5.19. The molecule has 0 radical (unpaired) electrons. The topological polar surface area (TPSA) is 227 Å². The molecule has 2 heterocycles. The van der Waals surface area contributed by atoms with E-state index in [0.29, 0.717) is 12.8 Å². The molecule has 1 saturated heterocycles. The molecule has 55 heavy (non-hydrogen) atoms. The third kappa shape index (κ3) is 12.7. The third-order valence-corrected chi connectivity index (χ3v) is 8.03. The van der Waals surface area contributed by atoms with Crippen molar-refractivity contribution in [3.05, 3.63) is 126 Å². The van der Waals surface area contributed by atoms with Crippen LogP contribution in [0.1, 0.15) is 35.8 Å². The zero-order chi connectivity index (χ0) is 38.8. The number of alkyl carbamates (subject to hydrolysis) is 2. The van der Waals surface area contributed by atoms with Crippen molar-refractivity contribution >= 4 is 30.1 Å². The molecular formula is C38H43N7O10. The highest BCUT2D eigenvalue weighted by Crippen LogP contribution is 2.28. The van der Waals surface area contributed by atoms with E-state index < -0.39 is 49.4 Å². The number of ether oxygens (including phenoxy) is 4. The molecule has 4 atom stereocenters. The van der Waals surface area contributed by atoms with Gasteiger partial charge in [0.15, 0.2) is 6.23 Å². The first-order valence-corrected chi connectivity index (χ1v) is 17.5. The van der Waals surface area contributed by atoms with Crippen LogP contribution in [0, 0.1) is 0 Å². The average molecular weight is 758 g/mol. The molecule has 1 aromatic heterocycles. The molecule has 290 valence electrons. The highest BCUT2D eigenvalue weighted by atomic mass is 16.6. The van der Waals surface area contributed by atoms with Gasteiger partial charge in [-0.1, -0.05) is 91.0 Å². The lowest BCUT2D eigenvalue weighted by molar-refractivity contribution is -0.0553. The van der Waals surface area contributed by atoms with E-state index in [-0.39, 0.29) is 50.3 Å². The predicted molar refractivity (Wildman–Crippen MR) is 197 cm³/mol. The van der Waals surface area contributed by atoms with E-state index in [1.165, 1.54) is 16.8 Å². The lowest BCUT2D eigenvalue weighted by atomic mass is 10.1. The first-order chi connectivity index (χ1) is 26.8. The molecule has 5 rings (SSSR count). The first kappa shape index (κ1) is 40.1. The van der Waals surface area contributed by atoms with E-state index in [4.69, 9.17) is 18.9 Å². The second-order valence-electron chi connectivity index (χ2n) is 12.1. The van der Waals surface area contributed by atoms with Crippen molar-refractivity contribution in [2.24, 2.45) is 9.98 Å². The Hall–Kier alpha value is -6.14. The number of aromatic nitrogens is 2. The van der Waals surface area contributed by atoms with Gasteiger partial charge in [0.05, 0.1) is 6.61 Å². The highest BCUT2D eigenvalue weighted by Gasteiger charge is 2.43. The molecule has 1 aliphatic rings. The molecule has 0 spiro atoms. The van der Waals surface area contributed by atoms with Crippen LogP contribution in [-0.4, -0.2) is 87.1 Å². The summed E-state index contributed by atoms with van der Waals surface area (Å²) in [6, 6.07) is 28.7. The van der Waals surface area contributed by atoms with Gasteiger partial charge < -0.3 is 34.3 Å². The number of nitrogens with zero attached hydrogens (tertiary/aromatic N) is 4. The van der Waals surface area contributed by atoms with Crippen LogP contribution in [0.15, 0.2) is 113 Å². The normalized spacial score (nSPS) is 17.8. The van der Waals surface area contributed by atoms with Gasteiger partial charge in [0, 0.05) is 19.3 Å². The van der Waals surface area contributed by atoms with E-state index in [9.17, 15) is 29.7 Å². The minimum absolute atomic E-state index is 0.00206. The van der Waals surface area contributed by atoms with E-state index in [2.05, 4.69) is 30.9 Å². The molecule has 0 saturated carbocycles. The Labute approximate surface area is 316 Å². The van der Waals surface area contributed by atoms with E-state index >= 15 is 0 Å². The van der Waals surface area contributed by atoms with Crippen molar-refractivity contribution in [3.63, 3.8) is 0 Å². The van der Waals surface area contributed by atoms with Gasteiger partial charge in [-0.2, -0.15) is 4.98 Å². The smallest absolute Gasteiger partial charge is 0.414 e. The van der Waals surface area contributed by atoms with Crippen LogP contribution in [0.3, 0.4) is 0 Å². The Morgan fingerprint density at radius 3 is 1.73 bits per heavy atom. The van der Waals surface area contributed by atoms with Gasteiger partial charge in [0.25, 0.3) is 0 Å². The van der Waals surface area contributed by atoms with Crippen LogP contribution in [0.25, 0.3) is 0 Å². The van der Waals surface area contributed by atoms with Gasteiger partial charge >= 0.3 is 18.3 Å². The van der Waals surface area contributed by atoms with Crippen LogP contribution < -0.4 is 21.6 Å². The standard InChI is InChI=1S/C38H43N7O10/c46-22-29-31(47)32(48)33(55-29)45-21-18-30(42-36(49)52-23-26-12-4-1-5-13-26)41-35(45)40-20-11-10-19-39-34(43-37(50)53-24-27-14-6-2-7-15-27)44-38(51)54-25-28-16-8-3-9-17-28/h1-9,12-18,21,29,31-33,46-48H,10-11,19-20,22-25H2,(H,40,41,42,49)(H2,39,43,44,50,51)/t29-,31-,32-,33-/m1/s1. The third-order valence-electron chi connectivity index (χ3n) is 8.03. The fraction of sp³-hybridized carbons (Fsp3) is 0.316. The number of benzene rings is 3. The zero-order valence-corrected chi connectivity index (χ0v) is 29.8. The number of rotatable bonds is 14. The van der Waals surface area contributed by atoms with Gasteiger partial charge in [-0.25, -0.2) is 14.4 Å². The number of nitrogens with one attached hydrogen (secondary N) is 3. The van der Waals surface area contributed by atoms with Crippen LogP contribution in [0.2, 0.25) is 0 Å². The number of anilines is 1. The number of aliphatic hydroxyl groups is 3. The number of aliphatic hydroxyl groups excluding tert-OH is 3. The summed E-state index contributed by atoms with van der Waals surface area (Å²) in [6.45, 7) is -0.139. The second-order valence-corrected chi connectivity index (χ2v) is 12.1. The monoisotopic (exact) mass is 757 g/mol. The second kappa shape index (κ2) is 20.9. The molecule has 1 fully saturated rings. The minimum Gasteiger partial charge on any atom is -0.444 e. The molecular weight excluding hydrogens is 714 g/mol. The number of amides is 3. The molecule has 3 aromatic carbocycles. The van der Waals surface area contributed by atoms with Crippen molar-refractivity contribution in [3.8, 4) is 0 Å². The molecule has 1 aliphatic heterocycles. The molecule has 17 heteroatoms. The maximum Gasteiger partial charge on any atom is 0.414 e. The summed E-state index contributed by atoms with van der Waals surface area (Å²) < 4.78 is 22.9. The Bertz CT molecular complexity index is 1870. The summed E-state index contributed by atoms with van der Waals surface area (Å²) >= 11 is 0. The number of unbranched alkanes of at least 4 members (excludes halogenated alkanes) is 1. The van der Waals surface area contributed by atoms with Gasteiger partial charge in [-0.3, -0.25) is 30.5 Å². The Morgan fingerprint density at radius 2 is 1.22 bits per heavy atom. The SMILES string of the molecule is O=C(NC(=NCCCCN=c1nc(NC(=O)OCc2ccccc2)ccn1[C@@H]1O[C@H](CO)[C@@H](O)[C@H]1O)NC(=O)OCc1ccccc1)OCc1ccccc1. The summed E-state index contributed by atoms with van der Waals surface area (Å²) in [5.74, 6) is -0.0700. The van der Waals surface area contributed by atoms with Crippen LogP contribution in [0.5, 0.6) is 0 Å². The van der Waals surface area contributed by atoms with Crippen molar-refractivity contribution in [1.82, 2.24) is 20.2 Å². The van der Waals surface area contributed by atoms with Crippen molar-refractivity contribution in [2.45, 2.75) is 57.2 Å². The molecule has 0 bridgehead atoms. The summed E-state index contributed by atoms with van der Waals surface area (Å²) in [7, 11) is 0. The Morgan fingerprint density at radius 1 is 0.709 bits per heavy atom. The van der Waals surface area contributed by atoms with Crippen LogP contribution >= 0.6 is 0 Å². The number of carbonyl (C=O) groups is 3. The summed E-state index contributed by atoms with van der Waals surface area (Å²) in [4.78, 5) is 51.0. The largest absolute Gasteiger partial charge is 0.444 e. The highest BCUT2D eigenvalue weighted by molar-refractivity contribution is 6.01. The lowest BCUT2D eigenvalue weighted by Gasteiger charge is -2.19. The predicted octanol–water partition coefficient (Wildman–Crippen LogP) is 3.13. The van der Waals surface area contributed by atoms with Gasteiger partial charge in [0.1, 0.15) is 44.0 Å². The van der Waals surface area contributed by atoms with Crippen LogP contribution in [-0.2, 0) is 38.8 Å². The lowest BCUT2D eigenvalue weighted by Crippen LogP contribution is -2.44. The summed E-state index contributed by atoms with van der Waals surface area (Å²) in [6.07, 6.45) is -5.00. The molecule has 17 nitrogen and oxygen atoms in total. The molecule has 0 aliphatic carbocycles. The summed E-state index contributed by atoms with van der Waals surface area (Å²) in [5, 5.41) is 38.1. The minimum atomic E-state index is -1.40. The number of hydrogen-bond donors (Lipinski definition) is 6. The average Bonchev–Trinajstić information content (AvgIpc) is 3.50. The summed E-state index contributed by atoms with van der Waals surface area (Å²) in [5.41, 5.74) is 2.39. The van der Waals surface area contributed by atoms with E-state index in [1.807, 2.05) is 66.7 Å². The molecule has 3 amide bonds. The van der Waals surface area contributed by atoms with E-state index in [1.54, 1.807) is 24.3 Å².